The van der Waals surface area contributed by atoms with Crippen LogP contribution in [0.15, 0.2) is 24.3 Å². The molecule has 1 aromatic rings. The summed E-state index contributed by atoms with van der Waals surface area (Å²) < 4.78 is 10.7. The molecule has 25 heavy (non-hydrogen) atoms. The molecule has 2 fully saturated rings. The number of ether oxygens (including phenoxy) is 2. The zero-order valence-electron chi connectivity index (χ0n) is 14.9. The van der Waals surface area contributed by atoms with E-state index in [1.54, 1.807) is 19.2 Å². The van der Waals surface area contributed by atoms with Crippen LogP contribution in [-0.2, 0) is 4.79 Å². The van der Waals surface area contributed by atoms with Crippen LogP contribution in [-0.4, -0.2) is 62.4 Å². The molecule has 0 aromatic heterocycles. The molecule has 1 atom stereocenters. The van der Waals surface area contributed by atoms with Crippen LogP contribution in [0, 0.1) is 11.3 Å². The molecule has 6 nitrogen and oxygen atoms in total. The number of carbonyl (C=O) groups is 1. The largest absolute Gasteiger partial charge is 0.497 e. The summed E-state index contributed by atoms with van der Waals surface area (Å²) in [6.07, 6.45) is 3.02. The summed E-state index contributed by atoms with van der Waals surface area (Å²) >= 11 is 0. The number of methoxy groups -OCH3 is 1. The molecule has 6 heteroatoms. The fourth-order valence-corrected chi connectivity index (χ4v) is 4.06. The molecule has 138 valence electrons. The number of amides is 1. The second-order valence-corrected chi connectivity index (χ2v) is 7.04. The number of carbonyl (C=O) groups excluding carboxylic acids is 1. The number of piperidine rings is 2. The molecule has 2 heterocycles. The zero-order valence-corrected chi connectivity index (χ0v) is 14.9. The Morgan fingerprint density at radius 1 is 1.24 bits per heavy atom. The maximum absolute atomic E-state index is 12.4. The third kappa shape index (κ3) is 4.07. The van der Waals surface area contributed by atoms with Gasteiger partial charge in [0.15, 0.2) is 6.61 Å². The Labute approximate surface area is 149 Å². The van der Waals surface area contributed by atoms with Crippen LogP contribution in [0.25, 0.3) is 0 Å². The minimum Gasteiger partial charge on any atom is -0.497 e. The van der Waals surface area contributed by atoms with E-state index in [9.17, 15) is 9.90 Å². The Hall–Kier alpha value is -1.79. The Morgan fingerprint density at radius 3 is 2.56 bits per heavy atom. The number of hydrogen-bond donors (Lipinski definition) is 2. The van der Waals surface area contributed by atoms with Gasteiger partial charge in [-0.25, -0.2) is 0 Å². The summed E-state index contributed by atoms with van der Waals surface area (Å²) in [7, 11) is 1.62. The molecule has 2 N–H and O–H groups in total. The molecule has 0 unspecified atom stereocenters. The number of aliphatic hydroxyl groups excluding tert-OH is 1. The first-order valence-corrected chi connectivity index (χ1v) is 9.03. The molecule has 1 amide bonds. The quantitative estimate of drug-likeness (QED) is 0.839. The lowest BCUT2D eigenvalue weighted by Crippen LogP contribution is -2.53. The third-order valence-corrected chi connectivity index (χ3v) is 5.81. The van der Waals surface area contributed by atoms with Gasteiger partial charge in [-0.15, -0.1) is 0 Å². The number of nitrogens with one attached hydrogen (secondary N) is 1. The van der Waals surface area contributed by atoms with Crippen molar-refractivity contribution in [3.63, 3.8) is 0 Å². The Balaban J connectivity index is 1.49. The molecule has 0 radical (unpaired) electrons. The minimum absolute atomic E-state index is 0.0279. The van der Waals surface area contributed by atoms with Crippen molar-refractivity contribution >= 4 is 5.91 Å². The van der Waals surface area contributed by atoms with Crippen molar-refractivity contribution in [1.29, 1.82) is 0 Å². The summed E-state index contributed by atoms with van der Waals surface area (Å²) in [5.41, 5.74) is 0.188. The van der Waals surface area contributed by atoms with E-state index >= 15 is 0 Å². The van der Waals surface area contributed by atoms with Crippen LogP contribution in [0.1, 0.15) is 19.3 Å². The number of hydrogen-bond acceptors (Lipinski definition) is 5. The van der Waals surface area contributed by atoms with E-state index in [0.717, 1.165) is 51.2 Å². The molecular formula is C19H28N2O4. The Bertz CT molecular complexity index is 567. The minimum atomic E-state index is 0.0279. The van der Waals surface area contributed by atoms with Crippen LogP contribution >= 0.6 is 0 Å². The zero-order chi connectivity index (χ0) is 17.7. The van der Waals surface area contributed by atoms with Gasteiger partial charge in [-0.2, -0.15) is 0 Å². The van der Waals surface area contributed by atoms with Crippen molar-refractivity contribution in [2.45, 2.75) is 19.3 Å². The van der Waals surface area contributed by atoms with Crippen LogP contribution in [0.2, 0.25) is 0 Å². The van der Waals surface area contributed by atoms with E-state index < -0.39 is 0 Å². The highest BCUT2D eigenvalue weighted by Crippen LogP contribution is 2.43. The van der Waals surface area contributed by atoms with Gasteiger partial charge in [0.1, 0.15) is 11.5 Å². The first-order valence-electron chi connectivity index (χ1n) is 9.03. The van der Waals surface area contributed by atoms with Crippen molar-refractivity contribution in [2.24, 2.45) is 11.3 Å². The van der Waals surface area contributed by atoms with E-state index in [1.807, 2.05) is 17.0 Å². The van der Waals surface area contributed by atoms with Crippen LogP contribution < -0.4 is 14.8 Å². The van der Waals surface area contributed by atoms with Gasteiger partial charge in [0.25, 0.3) is 5.91 Å². The van der Waals surface area contributed by atoms with Gasteiger partial charge in [0.05, 0.1) is 7.11 Å². The molecule has 2 saturated heterocycles. The average molecular weight is 348 g/mol. The first-order chi connectivity index (χ1) is 12.2. The smallest absolute Gasteiger partial charge is 0.260 e. The van der Waals surface area contributed by atoms with Gasteiger partial charge in [-0.05, 0) is 55.5 Å². The van der Waals surface area contributed by atoms with Gasteiger partial charge in [0, 0.05) is 32.2 Å². The van der Waals surface area contributed by atoms with Crippen LogP contribution in [0.5, 0.6) is 11.5 Å². The molecule has 2 aliphatic rings. The highest BCUT2D eigenvalue weighted by atomic mass is 16.5. The van der Waals surface area contributed by atoms with Gasteiger partial charge in [-0.1, -0.05) is 0 Å². The molecule has 1 aromatic carbocycles. The predicted octanol–water partition coefficient (Wildman–Crippen LogP) is 1.28. The molecule has 2 aliphatic heterocycles. The molecule has 3 rings (SSSR count). The average Bonchev–Trinajstić information content (AvgIpc) is 2.67. The summed E-state index contributed by atoms with van der Waals surface area (Å²) in [5.74, 6) is 1.76. The second-order valence-electron chi connectivity index (χ2n) is 7.04. The van der Waals surface area contributed by atoms with Crippen molar-refractivity contribution in [1.82, 2.24) is 10.2 Å². The number of rotatable bonds is 5. The van der Waals surface area contributed by atoms with Crippen molar-refractivity contribution in [2.75, 3.05) is 46.5 Å². The van der Waals surface area contributed by atoms with Gasteiger partial charge in [-0.3, -0.25) is 4.79 Å². The SMILES string of the molecule is COc1ccc(OCC(=O)N2CCC3(CCNC[C@@H]3CO)CC2)cc1. The highest BCUT2D eigenvalue weighted by molar-refractivity contribution is 5.77. The van der Waals surface area contributed by atoms with Crippen LogP contribution in [0.4, 0.5) is 0 Å². The monoisotopic (exact) mass is 348 g/mol. The Morgan fingerprint density at radius 2 is 1.92 bits per heavy atom. The molecule has 0 bridgehead atoms. The Kier molecular flexibility index (Phi) is 5.81. The van der Waals surface area contributed by atoms with E-state index in [4.69, 9.17) is 9.47 Å². The fourth-order valence-electron chi connectivity index (χ4n) is 4.06. The van der Waals surface area contributed by atoms with Crippen molar-refractivity contribution in [3.8, 4) is 11.5 Å². The second kappa shape index (κ2) is 8.06. The summed E-state index contributed by atoms with van der Waals surface area (Å²) in [6.45, 7) is 3.67. The van der Waals surface area contributed by atoms with Crippen molar-refractivity contribution < 1.29 is 19.4 Å². The lowest BCUT2D eigenvalue weighted by atomic mass is 9.65. The first kappa shape index (κ1) is 18.0. The van der Waals surface area contributed by atoms with E-state index in [-0.39, 0.29) is 24.5 Å². The van der Waals surface area contributed by atoms with Crippen molar-refractivity contribution in [3.05, 3.63) is 24.3 Å². The fraction of sp³-hybridized carbons (Fsp3) is 0.632. The molecule has 0 aliphatic carbocycles. The lowest BCUT2D eigenvalue weighted by molar-refractivity contribution is -0.137. The number of aliphatic hydroxyl groups is 1. The maximum atomic E-state index is 12.4. The predicted molar refractivity (Wildman–Crippen MR) is 94.8 cm³/mol. The summed E-state index contributed by atoms with van der Waals surface area (Å²) in [6, 6.07) is 7.24. The molecular weight excluding hydrogens is 320 g/mol. The molecule has 1 spiro atoms. The topological polar surface area (TPSA) is 71.0 Å². The number of nitrogens with zero attached hydrogens (tertiary/aromatic N) is 1. The summed E-state index contributed by atoms with van der Waals surface area (Å²) in [5, 5.41) is 13.1. The maximum Gasteiger partial charge on any atom is 0.260 e. The van der Waals surface area contributed by atoms with E-state index in [1.165, 1.54) is 0 Å². The van der Waals surface area contributed by atoms with E-state index in [2.05, 4.69) is 5.32 Å². The van der Waals surface area contributed by atoms with Crippen LogP contribution in [0.3, 0.4) is 0 Å². The number of benzene rings is 1. The highest BCUT2D eigenvalue weighted by Gasteiger charge is 2.43. The third-order valence-electron chi connectivity index (χ3n) is 5.81. The number of likely N-dealkylation sites (tertiary alicyclic amines) is 1. The van der Waals surface area contributed by atoms with Gasteiger partial charge < -0.3 is 24.8 Å². The van der Waals surface area contributed by atoms with Gasteiger partial charge >= 0.3 is 0 Å². The summed E-state index contributed by atoms with van der Waals surface area (Å²) in [4.78, 5) is 14.3. The normalized spacial score (nSPS) is 22.6. The molecule has 0 saturated carbocycles. The van der Waals surface area contributed by atoms with E-state index in [0.29, 0.717) is 11.7 Å². The van der Waals surface area contributed by atoms with Gasteiger partial charge in [0.2, 0.25) is 0 Å². The standard InChI is InChI=1S/C19H28N2O4/c1-24-16-2-4-17(5-3-16)25-14-18(23)21-10-7-19(8-11-21)6-9-20-12-15(19)13-22/h2-5,15,20,22H,6-14H2,1H3/t15-/m1/s1. The lowest BCUT2D eigenvalue weighted by Gasteiger charge is -2.49.